The standard InChI is InChI=1S/C28H17BrN2O.C21H13BrO2.C7H8N2.C2H6O.CH4.ClH.Na.H2O/c29-20-11-6-10-19(16-20)24-17-25(31-28(30-24)18-8-2-1-3-9-18)23-14-7-13-22-21-12-4-5-15-26(21)32-27(22)23;22-16-7-3-6-15(13-16)19(23)12-11-14-5-4-9-18-17-8-1-2-10-20(17)24-21(14)18;8-7(9)6-4-2-1-3-5-6;1-2-3;;;;/h1-17H;1-13H;1-5H,(H3,8,9);3H,2H2,1H3;1H4;1H;;1H2/q;;;;;;+1;/p-1/b;12-11+;;;;;;. The largest absolute Gasteiger partial charge is 1.00 e. The van der Waals surface area contributed by atoms with Crippen LogP contribution in [0.25, 0.3) is 83.9 Å². The fraction of sp³-hybridized carbons (Fsp3) is 0.0508. The van der Waals surface area contributed by atoms with E-state index in [0.29, 0.717) is 11.4 Å². The second kappa shape index (κ2) is 27.9. The number of benzene rings is 8. The fourth-order valence-electron chi connectivity index (χ4n) is 7.47. The molecular weight excluding hydrogens is 1060 g/mol. The van der Waals surface area contributed by atoms with Crippen LogP contribution in [-0.2, 0) is 0 Å². The third kappa shape index (κ3) is 14.1. The average molecular weight is 1110 g/mol. The number of nitrogen functional groups attached to an aromatic ring is 1. The van der Waals surface area contributed by atoms with Crippen molar-refractivity contribution in [2.45, 2.75) is 14.4 Å². The molecule has 0 saturated heterocycles. The normalized spacial score (nSPS) is 10.2. The molecule has 9 nitrogen and oxygen atoms in total. The number of rotatable bonds is 7. The molecule has 3 heterocycles. The summed E-state index contributed by atoms with van der Waals surface area (Å²) in [5.41, 5.74) is 15.5. The Morgan fingerprint density at radius 2 is 1.07 bits per heavy atom. The first-order chi connectivity index (χ1) is 33.2. The summed E-state index contributed by atoms with van der Waals surface area (Å²) in [7, 11) is 0. The molecule has 8 aromatic carbocycles. The molecule has 0 aliphatic heterocycles. The number of halogens is 3. The summed E-state index contributed by atoms with van der Waals surface area (Å²) in [6.07, 6.45) is 3.40. The minimum Gasteiger partial charge on any atom is -0.870 e. The number of ketones is 1. The molecule has 3 aromatic heterocycles. The summed E-state index contributed by atoms with van der Waals surface area (Å²) in [5, 5.41) is 18.9. The van der Waals surface area contributed by atoms with Crippen molar-refractivity contribution in [3.63, 3.8) is 0 Å². The summed E-state index contributed by atoms with van der Waals surface area (Å²) >= 11 is 6.97. The third-order valence-corrected chi connectivity index (χ3v) is 11.6. The van der Waals surface area contributed by atoms with Gasteiger partial charge in [0, 0.05) is 70.5 Å². The Hall–Kier alpha value is -6.51. The Bertz CT molecular complexity index is 3570. The van der Waals surface area contributed by atoms with Crippen LogP contribution in [-0.4, -0.2) is 38.8 Å². The number of nitrogens with two attached hydrogens (primary N) is 1. The SMILES string of the molecule is Brc1cccc(-c2cc(-c3cccc4c3oc3ccccc34)nc(-c3ccccc3)n2)c1.C.CCO.Cl.N=C(N)c1ccccc1.O=C(/C=C/c1cccc2c1oc1ccccc12)c1cccc(Br)c1.[Na+].[OH-]. The average Bonchev–Trinajstić information content (AvgIpc) is 3.96. The number of hydrogen-bond donors (Lipinski definition) is 3. The number of para-hydroxylation sites is 4. The maximum Gasteiger partial charge on any atom is 1.00 e. The number of furan rings is 2. The molecule has 358 valence electrons. The molecule has 0 fully saturated rings. The van der Waals surface area contributed by atoms with E-state index in [-0.39, 0.29) is 73.1 Å². The van der Waals surface area contributed by atoms with Gasteiger partial charge in [0.25, 0.3) is 0 Å². The summed E-state index contributed by atoms with van der Waals surface area (Å²) in [4.78, 5) is 22.2. The van der Waals surface area contributed by atoms with Crippen molar-refractivity contribution in [2.75, 3.05) is 6.61 Å². The Morgan fingerprint density at radius 1 is 0.597 bits per heavy atom. The van der Waals surface area contributed by atoms with Crippen molar-refractivity contribution in [2.24, 2.45) is 5.73 Å². The molecule has 13 heteroatoms. The minimum atomic E-state index is -0.0376. The maximum absolute atomic E-state index is 12.3. The fourth-order valence-corrected chi connectivity index (χ4v) is 8.27. The number of allylic oxidation sites excluding steroid dienone is 1. The smallest absolute Gasteiger partial charge is 0.870 e. The number of aliphatic hydroxyl groups excluding tert-OH is 1. The molecule has 0 spiro atoms. The Labute approximate surface area is 463 Å². The van der Waals surface area contributed by atoms with Crippen LogP contribution in [0.2, 0.25) is 0 Å². The van der Waals surface area contributed by atoms with Crippen LogP contribution in [0.4, 0.5) is 0 Å². The van der Waals surface area contributed by atoms with E-state index in [0.717, 1.165) is 92.0 Å². The maximum atomic E-state index is 12.3. The molecule has 0 atom stereocenters. The monoisotopic (exact) mass is 1110 g/mol. The summed E-state index contributed by atoms with van der Waals surface area (Å²) in [6, 6.07) is 65.1. The molecule has 0 radical (unpaired) electrons. The van der Waals surface area contributed by atoms with Gasteiger partial charge in [-0.15, -0.1) is 12.4 Å². The molecule has 11 aromatic rings. The van der Waals surface area contributed by atoms with Gasteiger partial charge < -0.3 is 25.2 Å². The first-order valence-corrected chi connectivity index (χ1v) is 23.3. The van der Waals surface area contributed by atoms with Gasteiger partial charge in [0.2, 0.25) is 0 Å². The number of carbonyl (C=O) groups excluding carboxylic acids is 1. The Morgan fingerprint density at radius 3 is 1.67 bits per heavy atom. The zero-order chi connectivity index (χ0) is 47.4. The molecule has 11 rings (SSSR count). The van der Waals surface area contributed by atoms with Crippen LogP contribution in [0, 0.1) is 5.41 Å². The van der Waals surface area contributed by atoms with Gasteiger partial charge in [0.15, 0.2) is 11.6 Å². The summed E-state index contributed by atoms with van der Waals surface area (Å²) in [5.74, 6) is 0.770. The second-order valence-electron chi connectivity index (χ2n) is 15.2. The summed E-state index contributed by atoms with van der Waals surface area (Å²) in [6.45, 7) is 1.93. The number of aliphatic hydroxyl groups is 1. The van der Waals surface area contributed by atoms with Gasteiger partial charge in [-0.05, 0) is 67.6 Å². The zero-order valence-electron chi connectivity index (χ0n) is 38.7. The van der Waals surface area contributed by atoms with Gasteiger partial charge >= 0.3 is 29.6 Å². The number of nitrogens with one attached hydrogen (secondary N) is 1. The van der Waals surface area contributed by atoms with Crippen LogP contribution in [0.5, 0.6) is 0 Å². The molecule has 0 unspecified atom stereocenters. The van der Waals surface area contributed by atoms with Crippen molar-refractivity contribution < 1.29 is 53.8 Å². The first-order valence-electron chi connectivity index (χ1n) is 21.7. The van der Waals surface area contributed by atoms with E-state index < -0.39 is 0 Å². The predicted octanol–water partition coefficient (Wildman–Crippen LogP) is 13.2. The predicted molar refractivity (Wildman–Crippen MR) is 301 cm³/mol. The van der Waals surface area contributed by atoms with Crippen LogP contribution < -0.4 is 35.3 Å². The molecule has 5 N–H and O–H groups in total. The van der Waals surface area contributed by atoms with Crippen LogP contribution in [0.15, 0.2) is 224 Å². The van der Waals surface area contributed by atoms with Gasteiger partial charge in [-0.1, -0.05) is 191 Å². The van der Waals surface area contributed by atoms with E-state index in [2.05, 4.69) is 68.3 Å². The third-order valence-electron chi connectivity index (χ3n) is 10.6. The molecule has 72 heavy (non-hydrogen) atoms. The van der Waals surface area contributed by atoms with E-state index in [1.54, 1.807) is 19.1 Å². The van der Waals surface area contributed by atoms with Gasteiger partial charge in [0.05, 0.1) is 11.4 Å². The van der Waals surface area contributed by atoms with E-state index in [9.17, 15) is 4.79 Å². The van der Waals surface area contributed by atoms with E-state index in [1.807, 2.05) is 164 Å². The molecule has 0 bridgehead atoms. The topological polar surface area (TPSA) is 169 Å². The van der Waals surface area contributed by atoms with Gasteiger partial charge in [-0.3, -0.25) is 10.2 Å². The molecular formula is C59H50Br2ClN4NaO5. The van der Waals surface area contributed by atoms with Crippen molar-refractivity contribution in [3.05, 3.63) is 232 Å². The number of carbonyl (C=O) groups is 1. The van der Waals surface area contributed by atoms with Gasteiger partial charge in [0.1, 0.15) is 28.2 Å². The second-order valence-corrected chi connectivity index (χ2v) is 17.1. The van der Waals surface area contributed by atoms with E-state index in [4.69, 9.17) is 35.1 Å². The number of amidine groups is 1. The van der Waals surface area contributed by atoms with Crippen molar-refractivity contribution in [3.8, 4) is 33.9 Å². The number of aromatic nitrogens is 2. The van der Waals surface area contributed by atoms with E-state index in [1.165, 1.54) is 0 Å². The zero-order valence-corrected chi connectivity index (χ0v) is 44.7. The van der Waals surface area contributed by atoms with Crippen LogP contribution in [0.3, 0.4) is 0 Å². The molecule has 0 aliphatic rings. The van der Waals surface area contributed by atoms with Gasteiger partial charge in [-0.25, -0.2) is 9.97 Å². The number of nitrogens with zero attached hydrogens (tertiary/aromatic N) is 2. The minimum absolute atomic E-state index is 0. The number of fused-ring (bicyclic) bond motifs is 6. The van der Waals surface area contributed by atoms with Crippen LogP contribution in [0.1, 0.15) is 35.8 Å². The number of hydrogen-bond acceptors (Lipinski definition) is 8. The van der Waals surface area contributed by atoms with E-state index >= 15 is 0 Å². The molecule has 0 amide bonds. The van der Waals surface area contributed by atoms with Crippen molar-refractivity contribution >= 4 is 106 Å². The molecule has 0 aliphatic carbocycles. The quantitative estimate of drug-likeness (QED) is 0.0466. The van der Waals surface area contributed by atoms with Crippen molar-refractivity contribution in [1.29, 1.82) is 5.41 Å². The first kappa shape index (κ1) is 58.1. The Kier molecular flexibility index (Phi) is 22.5. The van der Waals surface area contributed by atoms with Gasteiger partial charge in [-0.2, -0.15) is 0 Å². The summed E-state index contributed by atoms with van der Waals surface area (Å²) < 4.78 is 14.2. The molecule has 0 saturated carbocycles. The van der Waals surface area contributed by atoms with Crippen molar-refractivity contribution in [1.82, 2.24) is 9.97 Å². The van der Waals surface area contributed by atoms with Crippen LogP contribution >= 0.6 is 44.3 Å². The Balaban J connectivity index is 0.000000249.